The fourth-order valence-corrected chi connectivity index (χ4v) is 2.86. The van der Waals surface area contributed by atoms with Gasteiger partial charge in [-0.05, 0) is 47.2 Å². The zero-order chi connectivity index (χ0) is 19.3. The fraction of sp³-hybridized carbons (Fsp3) is 0.0435. The molecular formula is C23H16N2O3. The second-order valence-electron chi connectivity index (χ2n) is 6.18. The average Bonchev–Trinajstić information content (AvgIpc) is 3.22. The highest BCUT2D eigenvalue weighted by Crippen LogP contribution is 2.22. The lowest BCUT2D eigenvalue weighted by Crippen LogP contribution is -2.11. The topological polar surface area (TPSA) is 75.3 Å². The van der Waals surface area contributed by atoms with Gasteiger partial charge >= 0.3 is 0 Å². The van der Waals surface area contributed by atoms with E-state index in [4.69, 9.17) is 14.4 Å². The molecule has 0 fully saturated rings. The lowest BCUT2D eigenvalue weighted by Gasteiger charge is -2.06. The number of carbonyl (C=O) groups excluding carboxylic acids is 1. The number of hydrogen-bond acceptors (Lipinski definition) is 4. The number of nitrogens with zero attached hydrogens (tertiary/aromatic N) is 1. The molecule has 4 aromatic rings. The van der Waals surface area contributed by atoms with Crippen molar-refractivity contribution in [3.8, 4) is 11.8 Å². The van der Waals surface area contributed by atoms with Gasteiger partial charge in [-0.15, -0.1) is 0 Å². The van der Waals surface area contributed by atoms with Crippen LogP contribution in [0.25, 0.3) is 10.8 Å². The molecule has 5 heteroatoms. The molecule has 0 bridgehead atoms. The Kier molecular flexibility index (Phi) is 4.77. The highest BCUT2D eigenvalue weighted by atomic mass is 16.5. The predicted molar refractivity (Wildman–Crippen MR) is 106 cm³/mol. The van der Waals surface area contributed by atoms with Crippen molar-refractivity contribution in [1.82, 2.24) is 0 Å². The first kappa shape index (κ1) is 17.4. The number of furan rings is 1. The van der Waals surface area contributed by atoms with E-state index in [2.05, 4.69) is 5.32 Å². The van der Waals surface area contributed by atoms with Crippen molar-refractivity contribution in [3.63, 3.8) is 0 Å². The maximum absolute atomic E-state index is 12.4. The first-order chi connectivity index (χ1) is 13.7. The van der Waals surface area contributed by atoms with E-state index < -0.39 is 5.91 Å². The van der Waals surface area contributed by atoms with Crippen molar-refractivity contribution in [2.75, 3.05) is 5.32 Å². The Balaban J connectivity index is 1.42. The van der Waals surface area contributed by atoms with Crippen molar-refractivity contribution in [2.24, 2.45) is 0 Å². The van der Waals surface area contributed by atoms with Crippen LogP contribution < -0.4 is 10.1 Å². The van der Waals surface area contributed by atoms with E-state index in [-0.39, 0.29) is 12.4 Å². The molecule has 0 radical (unpaired) electrons. The Morgan fingerprint density at radius 1 is 0.964 bits per heavy atom. The number of nitrogens with one attached hydrogen (secondary N) is 1. The molecule has 0 aliphatic carbocycles. The van der Waals surface area contributed by atoms with Crippen LogP contribution in [-0.2, 0) is 6.61 Å². The number of carbonyl (C=O) groups is 1. The maximum Gasteiger partial charge on any atom is 0.291 e. The largest absolute Gasteiger partial charge is 0.486 e. The number of rotatable bonds is 5. The van der Waals surface area contributed by atoms with E-state index in [1.807, 2.05) is 48.5 Å². The van der Waals surface area contributed by atoms with Crippen LogP contribution in [-0.4, -0.2) is 5.91 Å². The van der Waals surface area contributed by atoms with Crippen molar-refractivity contribution >= 4 is 22.4 Å². The molecule has 1 amide bonds. The Bertz CT molecular complexity index is 1190. The minimum Gasteiger partial charge on any atom is -0.486 e. The normalized spacial score (nSPS) is 10.4. The first-order valence-corrected chi connectivity index (χ1v) is 8.74. The molecule has 3 aromatic carbocycles. The van der Waals surface area contributed by atoms with Gasteiger partial charge in [-0.25, -0.2) is 0 Å². The summed E-state index contributed by atoms with van der Waals surface area (Å²) in [5, 5.41) is 14.0. The van der Waals surface area contributed by atoms with Gasteiger partial charge in [0.15, 0.2) is 5.76 Å². The molecule has 0 spiro atoms. The fourth-order valence-electron chi connectivity index (χ4n) is 2.86. The van der Waals surface area contributed by atoms with Crippen molar-refractivity contribution < 1.29 is 13.9 Å². The second-order valence-corrected chi connectivity index (χ2v) is 6.18. The molecule has 1 aromatic heterocycles. The number of benzene rings is 3. The van der Waals surface area contributed by atoms with Crippen LogP contribution in [0.5, 0.6) is 5.75 Å². The van der Waals surface area contributed by atoms with Gasteiger partial charge < -0.3 is 14.5 Å². The highest BCUT2D eigenvalue weighted by Gasteiger charge is 2.13. The SMILES string of the molecule is N#Cc1ccccc1NC(=O)c1ccc(COc2ccc3ccccc3c2)o1. The van der Waals surface area contributed by atoms with Gasteiger partial charge in [0.05, 0.1) is 11.3 Å². The Labute approximate surface area is 161 Å². The minimum absolute atomic E-state index is 0.157. The van der Waals surface area contributed by atoms with Gasteiger partial charge in [0.1, 0.15) is 24.2 Å². The van der Waals surface area contributed by atoms with E-state index in [0.29, 0.717) is 17.0 Å². The maximum atomic E-state index is 12.4. The predicted octanol–water partition coefficient (Wildman–Crippen LogP) is 5.14. The van der Waals surface area contributed by atoms with Crippen molar-refractivity contribution in [3.05, 3.63) is 95.9 Å². The number of amides is 1. The van der Waals surface area contributed by atoms with Crippen molar-refractivity contribution in [1.29, 1.82) is 5.26 Å². The van der Waals surface area contributed by atoms with Crippen LogP contribution >= 0.6 is 0 Å². The molecule has 1 heterocycles. The monoisotopic (exact) mass is 368 g/mol. The van der Waals surface area contributed by atoms with Gasteiger partial charge in [-0.3, -0.25) is 4.79 Å². The molecule has 0 unspecified atom stereocenters. The Morgan fingerprint density at radius 2 is 1.75 bits per heavy atom. The number of hydrogen-bond donors (Lipinski definition) is 1. The molecule has 136 valence electrons. The van der Waals surface area contributed by atoms with Crippen LogP contribution in [0.2, 0.25) is 0 Å². The van der Waals surface area contributed by atoms with E-state index in [9.17, 15) is 4.79 Å². The summed E-state index contributed by atoms with van der Waals surface area (Å²) in [4.78, 5) is 12.4. The minimum atomic E-state index is -0.417. The summed E-state index contributed by atoms with van der Waals surface area (Å²) in [6, 6.07) is 26.0. The number of nitriles is 1. The molecular weight excluding hydrogens is 352 g/mol. The summed E-state index contributed by atoms with van der Waals surface area (Å²) in [6.07, 6.45) is 0. The summed E-state index contributed by atoms with van der Waals surface area (Å²) in [5.41, 5.74) is 0.836. The van der Waals surface area contributed by atoms with E-state index >= 15 is 0 Å². The molecule has 0 saturated carbocycles. The molecule has 1 N–H and O–H groups in total. The van der Waals surface area contributed by atoms with Crippen LogP contribution in [0, 0.1) is 11.3 Å². The smallest absolute Gasteiger partial charge is 0.291 e. The highest BCUT2D eigenvalue weighted by molar-refractivity contribution is 6.03. The third-order valence-electron chi connectivity index (χ3n) is 4.28. The average molecular weight is 368 g/mol. The lowest BCUT2D eigenvalue weighted by atomic mass is 10.1. The molecule has 5 nitrogen and oxygen atoms in total. The molecule has 0 aliphatic rings. The van der Waals surface area contributed by atoms with Crippen LogP contribution in [0.3, 0.4) is 0 Å². The Morgan fingerprint density at radius 3 is 2.61 bits per heavy atom. The van der Waals surface area contributed by atoms with Gasteiger partial charge in [0.25, 0.3) is 5.91 Å². The third kappa shape index (κ3) is 3.71. The number of fused-ring (bicyclic) bond motifs is 1. The third-order valence-corrected chi connectivity index (χ3v) is 4.28. The summed E-state index contributed by atoms with van der Waals surface area (Å²) in [5.74, 6) is 1.00. The molecule has 0 atom stereocenters. The van der Waals surface area contributed by atoms with Gasteiger partial charge in [-0.1, -0.05) is 42.5 Å². The summed E-state index contributed by atoms with van der Waals surface area (Å²) < 4.78 is 11.4. The van der Waals surface area contributed by atoms with E-state index in [1.165, 1.54) is 0 Å². The van der Waals surface area contributed by atoms with E-state index in [1.54, 1.807) is 36.4 Å². The standard InChI is InChI=1S/C23H16N2O3/c24-14-18-7-3-4-8-21(18)25-23(26)22-12-11-20(28-22)15-27-19-10-9-16-5-1-2-6-17(16)13-19/h1-13H,15H2,(H,25,26). The molecule has 28 heavy (non-hydrogen) atoms. The summed E-state index contributed by atoms with van der Waals surface area (Å²) in [7, 11) is 0. The first-order valence-electron chi connectivity index (χ1n) is 8.74. The summed E-state index contributed by atoms with van der Waals surface area (Å²) in [6.45, 7) is 0.209. The lowest BCUT2D eigenvalue weighted by molar-refractivity contribution is 0.0992. The van der Waals surface area contributed by atoms with Gasteiger partial charge in [0, 0.05) is 0 Å². The quantitative estimate of drug-likeness (QED) is 0.529. The van der Waals surface area contributed by atoms with Crippen LogP contribution in [0.1, 0.15) is 21.9 Å². The Hall–Kier alpha value is -4.04. The zero-order valence-electron chi connectivity index (χ0n) is 14.9. The molecule has 0 aliphatic heterocycles. The van der Waals surface area contributed by atoms with Crippen LogP contribution in [0.4, 0.5) is 5.69 Å². The van der Waals surface area contributed by atoms with Crippen LogP contribution in [0.15, 0.2) is 83.3 Å². The number of para-hydroxylation sites is 1. The van der Waals surface area contributed by atoms with Gasteiger partial charge in [0.2, 0.25) is 0 Å². The van der Waals surface area contributed by atoms with E-state index in [0.717, 1.165) is 16.5 Å². The number of ether oxygens (including phenoxy) is 1. The number of anilines is 1. The zero-order valence-corrected chi connectivity index (χ0v) is 14.9. The van der Waals surface area contributed by atoms with Gasteiger partial charge in [-0.2, -0.15) is 5.26 Å². The molecule has 0 saturated heterocycles. The second kappa shape index (κ2) is 7.68. The van der Waals surface area contributed by atoms with Crippen molar-refractivity contribution in [2.45, 2.75) is 6.61 Å². The molecule has 4 rings (SSSR count). The summed E-state index contributed by atoms with van der Waals surface area (Å²) >= 11 is 0.